The molecular weight excluding hydrogens is 393 g/mol. The van der Waals surface area contributed by atoms with E-state index in [1.54, 1.807) is 24.3 Å². The fourth-order valence-corrected chi connectivity index (χ4v) is 4.86. The Hall–Kier alpha value is -2.47. The quantitative estimate of drug-likeness (QED) is 0.753. The minimum Gasteiger partial charge on any atom is -0.349 e. The molecule has 1 aromatic heterocycles. The number of nitrogens with one attached hydrogen (secondary N) is 2. The number of hydrogen-bond donors (Lipinski definition) is 2. The van der Waals surface area contributed by atoms with Crippen LogP contribution in [0.25, 0.3) is 0 Å². The van der Waals surface area contributed by atoms with Crippen LogP contribution in [0.5, 0.6) is 0 Å². The minimum atomic E-state index is -0.519. The summed E-state index contributed by atoms with van der Waals surface area (Å²) in [4.78, 5) is 28.5. The van der Waals surface area contributed by atoms with Gasteiger partial charge in [0.25, 0.3) is 11.8 Å². The summed E-state index contributed by atoms with van der Waals surface area (Å²) >= 11 is 5.89. The van der Waals surface area contributed by atoms with Gasteiger partial charge in [-0.2, -0.15) is 0 Å². The second-order valence-corrected chi connectivity index (χ2v) is 8.37. The SMILES string of the molecule is CC[C@@H](NC(=O)c1ccc(Cl)cc1)C1C2CC(NC(=O)c3cncc(F)c3)CC21. The minimum absolute atomic E-state index is 0.0815. The van der Waals surface area contributed by atoms with Gasteiger partial charge < -0.3 is 10.6 Å². The van der Waals surface area contributed by atoms with E-state index < -0.39 is 5.82 Å². The smallest absolute Gasteiger partial charge is 0.253 e. The van der Waals surface area contributed by atoms with E-state index in [0.717, 1.165) is 25.5 Å². The van der Waals surface area contributed by atoms with Crippen LogP contribution in [0, 0.1) is 23.6 Å². The predicted molar refractivity (Wildman–Crippen MR) is 108 cm³/mol. The summed E-state index contributed by atoms with van der Waals surface area (Å²) in [6.45, 7) is 2.08. The highest BCUT2D eigenvalue weighted by atomic mass is 35.5. The molecule has 0 radical (unpaired) electrons. The first-order chi connectivity index (χ1) is 14.0. The van der Waals surface area contributed by atoms with Crippen LogP contribution in [0.2, 0.25) is 5.02 Å². The van der Waals surface area contributed by atoms with Gasteiger partial charge in [-0.25, -0.2) is 4.39 Å². The lowest BCUT2D eigenvalue weighted by molar-refractivity contribution is 0.0927. The summed E-state index contributed by atoms with van der Waals surface area (Å²) in [5.74, 6) is 0.558. The van der Waals surface area contributed by atoms with Gasteiger partial charge in [0.2, 0.25) is 0 Å². The molecule has 29 heavy (non-hydrogen) atoms. The van der Waals surface area contributed by atoms with E-state index in [0.29, 0.717) is 28.3 Å². The van der Waals surface area contributed by atoms with Gasteiger partial charge in [-0.3, -0.25) is 14.6 Å². The Balaban J connectivity index is 1.30. The summed E-state index contributed by atoms with van der Waals surface area (Å²) in [7, 11) is 0. The van der Waals surface area contributed by atoms with Gasteiger partial charge in [0, 0.05) is 28.9 Å². The molecule has 1 heterocycles. The van der Waals surface area contributed by atoms with E-state index in [1.807, 2.05) is 0 Å². The van der Waals surface area contributed by atoms with Gasteiger partial charge in [-0.1, -0.05) is 18.5 Å². The first-order valence-electron chi connectivity index (χ1n) is 9.94. The number of benzene rings is 1. The topological polar surface area (TPSA) is 71.1 Å². The molecule has 1 aromatic carbocycles. The van der Waals surface area contributed by atoms with Crippen molar-refractivity contribution in [3.8, 4) is 0 Å². The highest BCUT2D eigenvalue weighted by molar-refractivity contribution is 6.30. The van der Waals surface area contributed by atoms with Gasteiger partial charge in [0.05, 0.1) is 11.8 Å². The lowest BCUT2D eigenvalue weighted by atomic mass is 9.99. The molecule has 3 atom stereocenters. The van der Waals surface area contributed by atoms with Crippen molar-refractivity contribution in [2.75, 3.05) is 0 Å². The van der Waals surface area contributed by atoms with Crippen LogP contribution in [0.1, 0.15) is 46.9 Å². The molecule has 5 nitrogen and oxygen atoms in total. The molecule has 2 aliphatic rings. The number of hydrogen-bond acceptors (Lipinski definition) is 3. The Morgan fingerprint density at radius 1 is 1.14 bits per heavy atom. The van der Waals surface area contributed by atoms with E-state index in [4.69, 9.17) is 11.6 Å². The molecule has 4 rings (SSSR count). The molecule has 0 saturated heterocycles. The maximum Gasteiger partial charge on any atom is 0.253 e. The van der Waals surface area contributed by atoms with Crippen molar-refractivity contribution in [3.63, 3.8) is 0 Å². The zero-order valence-electron chi connectivity index (χ0n) is 16.1. The third-order valence-electron chi connectivity index (χ3n) is 6.14. The number of carbonyl (C=O) groups is 2. The molecule has 2 N–H and O–H groups in total. The van der Waals surface area contributed by atoms with E-state index >= 15 is 0 Å². The third-order valence-corrected chi connectivity index (χ3v) is 6.39. The summed E-state index contributed by atoms with van der Waals surface area (Å²) in [5.41, 5.74) is 0.844. The Labute approximate surface area is 174 Å². The maximum absolute atomic E-state index is 13.3. The normalized spacial score (nSPS) is 25.8. The lowest BCUT2D eigenvalue weighted by Gasteiger charge is -2.22. The van der Waals surface area contributed by atoms with Crippen molar-refractivity contribution in [2.24, 2.45) is 17.8 Å². The molecule has 152 valence electrons. The number of fused-ring (bicyclic) bond motifs is 1. The van der Waals surface area contributed by atoms with Gasteiger partial charge in [-0.15, -0.1) is 0 Å². The zero-order chi connectivity index (χ0) is 20.5. The predicted octanol–water partition coefficient (Wildman–Crippen LogP) is 3.84. The van der Waals surface area contributed by atoms with E-state index in [2.05, 4.69) is 22.5 Å². The average molecular weight is 416 g/mol. The van der Waals surface area contributed by atoms with Crippen molar-refractivity contribution in [3.05, 3.63) is 64.7 Å². The largest absolute Gasteiger partial charge is 0.349 e. The van der Waals surface area contributed by atoms with Crippen molar-refractivity contribution in [1.82, 2.24) is 15.6 Å². The Morgan fingerprint density at radius 2 is 1.83 bits per heavy atom. The van der Waals surface area contributed by atoms with Gasteiger partial charge >= 0.3 is 0 Å². The number of aromatic nitrogens is 1. The number of rotatable bonds is 6. The number of amides is 2. The molecule has 7 heteroatoms. The third kappa shape index (κ3) is 4.27. The fourth-order valence-electron chi connectivity index (χ4n) is 4.73. The van der Waals surface area contributed by atoms with Gasteiger partial charge in [0.15, 0.2) is 0 Å². The van der Waals surface area contributed by atoms with E-state index in [1.165, 1.54) is 12.3 Å². The summed E-state index contributed by atoms with van der Waals surface area (Å²) in [6, 6.07) is 8.28. The van der Waals surface area contributed by atoms with Crippen LogP contribution in [-0.4, -0.2) is 28.9 Å². The van der Waals surface area contributed by atoms with E-state index in [-0.39, 0.29) is 29.5 Å². The maximum atomic E-state index is 13.3. The van der Waals surface area contributed by atoms with Crippen LogP contribution in [0.4, 0.5) is 4.39 Å². The van der Waals surface area contributed by atoms with Crippen molar-refractivity contribution >= 4 is 23.4 Å². The summed E-state index contributed by atoms with van der Waals surface area (Å²) < 4.78 is 13.3. The highest BCUT2D eigenvalue weighted by Crippen LogP contribution is 2.59. The Bertz CT molecular complexity index is 909. The Kier molecular flexibility index (Phi) is 5.54. The van der Waals surface area contributed by atoms with Crippen molar-refractivity contribution in [2.45, 2.75) is 38.3 Å². The molecule has 2 saturated carbocycles. The van der Waals surface area contributed by atoms with Crippen LogP contribution < -0.4 is 10.6 Å². The summed E-state index contributed by atoms with van der Waals surface area (Å²) in [6.07, 6.45) is 5.09. The highest BCUT2D eigenvalue weighted by Gasteiger charge is 2.58. The molecular formula is C22H23ClFN3O2. The van der Waals surface area contributed by atoms with E-state index in [9.17, 15) is 14.0 Å². The molecule has 2 amide bonds. The van der Waals surface area contributed by atoms with Crippen LogP contribution in [0.3, 0.4) is 0 Å². The molecule has 2 unspecified atom stereocenters. The number of carbonyl (C=O) groups excluding carboxylic acids is 2. The molecule has 2 aliphatic carbocycles. The zero-order valence-corrected chi connectivity index (χ0v) is 16.8. The second kappa shape index (κ2) is 8.11. The lowest BCUT2D eigenvalue weighted by Crippen LogP contribution is -2.39. The molecule has 2 fully saturated rings. The monoisotopic (exact) mass is 415 g/mol. The van der Waals surface area contributed by atoms with Gasteiger partial charge in [0.1, 0.15) is 5.82 Å². The molecule has 0 spiro atoms. The van der Waals surface area contributed by atoms with Gasteiger partial charge in [-0.05, 0) is 67.3 Å². The molecule has 2 aromatic rings. The first-order valence-corrected chi connectivity index (χ1v) is 10.3. The number of halogens is 2. The van der Waals surface area contributed by atoms with Crippen LogP contribution in [0.15, 0.2) is 42.7 Å². The average Bonchev–Trinajstić information content (AvgIpc) is 3.20. The Morgan fingerprint density at radius 3 is 2.45 bits per heavy atom. The molecule has 0 bridgehead atoms. The van der Waals surface area contributed by atoms with Crippen LogP contribution in [-0.2, 0) is 0 Å². The number of pyridine rings is 1. The molecule has 0 aliphatic heterocycles. The van der Waals surface area contributed by atoms with Crippen molar-refractivity contribution < 1.29 is 14.0 Å². The first kappa shape index (κ1) is 19.8. The second-order valence-electron chi connectivity index (χ2n) is 7.93. The fraction of sp³-hybridized carbons (Fsp3) is 0.409. The standard InChI is InChI=1S/C22H23ClFN3O2/c1-2-19(27-21(28)12-3-5-14(23)6-4-12)20-17-8-16(9-18(17)20)26-22(29)13-7-15(24)11-25-10-13/h3-7,10-11,16-20H,2,8-9H2,1H3,(H,26,29)(H,27,28)/t16?,17?,18?,19-,20?/m1/s1. The number of nitrogens with zero attached hydrogens (tertiary/aromatic N) is 1. The van der Waals surface area contributed by atoms with Crippen LogP contribution >= 0.6 is 11.6 Å². The van der Waals surface area contributed by atoms with Crippen molar-refractivity contribution in [1.29, 1.82) is 0 Å². The summed E-state index contributed by atoms with van der Waals surface area (Å²) in [5, 5.41) is 6.75.